The summed E-state index contributed by atoms with van der Waals surface area (Å²) in [6.07, 6.45) is 0. The molecule has 0 bridgehead atoms. The van der Waals surface area contributed by atoms with Crippen LogP contribution in [0.5, 0.6) is 0 Å². The Kier molecular flexibility index (Phi) is 9.18. The van der Waals surface area contributed by atoms with E-state index in [2.05, 4.69) is 252 Å². The van der Waals surface area contributed by atoms with Gasteiger partial charge in [0.15, 0.2) is 0 Å². The maximum Gasteiger partial charge on any atom is 0.139 e. The van der Waals surface area contributed by atoms with E-state index in [1.807, 2.05) is 0 Å². The Morgan fingerprint density at radius 3 is 1.36 bits per heavy atom. The fourth-order valence-electron chi connectivity index (χ4n) is 8.71. The van der Waals surface area contributed by atoms with Crippen LogP contribution in [0.15, 0.2) is 247 Å². The monoisotopic (exact) mass is 780 g/mol. The molecule has 0 atom stereocenters. The lowest BCUT2D eigenvalue weighted by Crippen LogP contribution is -2.13. The molecule has 288 valence electrons. The average molecular weight is 781 g/mol. The maximum absolute atomic E-state index is 6.98. The lowest BCUT2D eigenvalue weighted by Gasteiger charge is -2.30. The number of hydrogen-bond donors (Lipinski definition) is 0. The molecule has 0 spiro atoms. The summed E-state index contributed by atoms with van der Waals surface area (Å²) in [5.74, 6) is 0. The van der Waals surface area contributed by atoms with Gasteiger partial charge in [0.25, 0.3) is 0 Å². The van der Waals surface area contributed by atoms with Crippen LogP contribution >= 0.6 is 0 Å². The SMILES string of the molecule is c1ccc(-c2ccc(N(c3cccc(-c4ccccc4)c3)c3cc(N(c4ccccc4)c4ccc(-c5ccccc5)cc4)c4c(c3)oc3ccc5ccccc5c34)cc2)cc1. The van der Waals surface area contributed by atoms with Gasteiger partial charge >= 0.3 is 0 Å². The van der Waals surface area contributed by atoms with Crippen molar-refractivity contribution < 1.29 is 4.42 Å². The fourth-order valence-corrected chi connectivity index (χ4v) is 8.71. The summed E-state index contributed by atoms with van der Waals surface area (Å²) in [4.78, 5) is 4.74. The number of furan rings is 1. The highest BCUT2D eigenvalue weighted by molar-refractivity contribution is 6.24. The van der Waals surface area contributed by atoms with E-state index in [4.69, 9.17) is 4.42 Å². The summed E-state index contributed by atoms with van der Waals surface area (Å²) in [5.41, 5.74) is 14.8. The van der Waals surface area contributed by atoms with Crippen molar-refractivity contribution >= 4 is 66.8 Å². The molecule has 0 saturated heterocycles. The van der Waals surface area contributed by atoms with Crippen LogP contribution in [-0.4, -0.2) is 0 Å². The molecule has 0 aliphatic rings. The van der Waals surface area contributed by atoms with Gasteiger partial charge < -0.3 is 14.2 Å². The van der Waals surface area contributed by atoms with Gasteiger partial charge in [0.05, 0.1) is 16.8 Å². The number of anilines is 6. The van der Waals surface area contributed by atoms with Gasteiger partial charge in [0.1, 0.15) is 11.2 Å². The molecule has 61 heavy (non-hydrogen) atoms. The number of benzene rings is 10. The van der Waals surface area contributed by atoms with Gasteiger partial charge in [-0.1, -0.05) is 176 Å². The van der Waals surface area contributed by atoms with Gasteiger partial charge in [-0.2, -0.15) is 0 Å². The van der Waals surface area contributed by atoms with Gasteiger partial charge in [0, 0.05) is 34.2 Å². The molecule has 0 fully saturated rings. The minimum atomic E-state index is 0.811. The average Bonchev–Trinajstić information content (AvgIpc) is 3.73. The predicted molar refractivity (Wildman–Crippen MR) is 257 cm³/mol. The van der Waals surface area contributed by atoms with E-state index in [0.717, 1.165) is 72.6 Å². The molecular weight excluding hydrogens is 741 g/mol. The van der Waals surface area contributed by atoms with Crippen molar-refractivity contribution in [2.75, 3.05) is 9.80 Å². The van der Waals surface area contributed by atoms with E-state index in [0.29, 0.717) is 0 Å². The molecule has 0 unspecified atom stereocenters. The van der Waals surface area contributed by atoms with Crippen molar-refractivity contribution in [3.05, 3.63) is 243 Å². The molecule has 11 aromatic rings. The Hall–Kier alpha value is -8.14. The van der Waals surface area contributed by atoms with Crippen molar-refractivity contribution in [3.8, 4) is 33.4 Å². The van der Waals surface area contributed by atoms with Crippen molar-refractivity contribution in [2.24, 2.45) is 0 Å². The lowest BCUT2D eigenvalue weighted by atomic mass is 10.00. The smallest absolute Gasteiger partial charge is 0.139 e. The topological polar surface area (TPSA) is 19.6 Å². The molecular formula is C58H40N2O. The van der Waals surface area contributed by atoms with Gasteiger partial charge in [0.2, 0.25) is 0 Å². The second-order valence-electron chi connectivity index (χ2n) is 15.3. The van der Waals surface area contributed by atoms with Gasteiger partial charge in [-0.15, -0.1) is 0 Å². The predicted octanol–water partition coefficient (Wildman–Crippen LogP) is 16.7. The van der Waals surface area contributed by atoms with Crippen LogP contribution in [0.25, 0.3) is 66.1 Å². The molecule has 0 amide bonds. The Bertz CT molecular complexity index is 3270. The zero-order valence-corrected chi connectivity index (χ0v) is 33.4. The molecule has 3 nitrogen and oxygen atoms in total. The zero-order valence-electron chi connectivity index (χ0n) is 33.4. The molecule has 11 rings (SSSR count). The van der Waals surface area contributed by atoms with Gasteiger partial charge in [-0.3, -0.25) is 0 Å². The van der Waals surface area contributed by atoms with Crippen LogP contribution in [0.3, 0.4) is 0 Å². The standard InChI is InChI=1S/C58H40N2O/c1-5-16-41(17-6-1)44-28-33-49(34-29-44)59(51-26-15-23-47(38-51)43-20-9-3-10-21-43)52-39-54(58-56(40-52)61-55-37-32-46-22-13-14-27-53(46)57(55)58)60(48-24-11-4-12-25-48)50-35-30-45(31-36-50)42-18-7-2-8-19-42/h1-40H. The van der Waals surface area contributed by atoms with Crippen molar-refractivity contribution in [1.82, 2.24) is 0 Å². The van der Waals surface area contributed by atoms with E-state index in [-0.39, 0.29) is 0 Å². The first-order valence-corrected chi connectivity index (χ1v) is 20.7. The van der Waals surface area contributed by atoms with Crippen LogP contribution in [-0.2, 0) is 0 Å². The Labute approximate surface area is 355 Å². The molecule has 0 radical (unpaired) electrons. The van der Waals surface area contributed by atoms with E-state index in [1.54, 1.807) is 0 Å². The number of para-hydroxylation sites is 1. The third-order valence-electron chi connectivity index (χ3n) is 11.6. The third-order valence-corrected chi connectivity index (χ3v) is 11.6. The van der Waals surface area contributed by atoms with Crippen molar-refractivity contribution in [3.63, 3.8) is 0 Å². The number of hydrogen-bond acceptors (Lipinski definition) is 3. The van der Waals surface area contributed by atoms with Crippen LogP contribution < -0.4 is 9.80 Å². The zero-order chi connectivity index (χ0) is 40.5. The van der Waals surface area contributed by atoms with Crippen molar-refractivity contribution in [2.45, 2.75) is 0 Å². The van der Waals surface area contributed by atoms with E-state index in [1.165, 1.54) is 27.6 Å². The fraction of sp³-hybridized carbons (Fsp3) is 0. The van der Waals surface area contributed by atoms with Crippen LogP contribution in [0.2, 0.25) is 0 Å². The van der Waals surface area contributed by atoms with E-state index >= 15 is 0 Å². The largest absolute Gasteiger partial charge is 0.456 e. The number of rotatable bonds is 9. The Balaban J connectivity index is 1.18. The van der Waals surface area contributed by atoms with Crippen LogP contribution in [0.4, 0.5) is 34.1 Å². The number of nitrogens with zero attached hydrogens (tertiary/aromatic N) is 2. The van der Waals surface area contributed by atoms with Gasteiger partial charge in [-0.05, 0) is 105 Å². The Morgan fingerprint density at radius 1 is 0.262 bits per heavy atom. The molecule has 1 aromatic heterocycles. The highest BCUT2D eigenvalue weighted by Gasteiger charge is 2.25. The molecule has 0 aliphatic carbocycles. The summed E-state index contributed by atoms with van der Waals surface area (Å²) in [7, 11) is 0. The van der Waals surface area contributed by atoms with E-state index in [9.17, 15) is 0 Å². The first-order chi connectivity index (χ1) is 30.2. The summed E-state index contributed by atoms with van der Waals surface area (Å²) in [5, 5.41) is 4.48. The number of fused-ring (bicyclic) bond motifs is 5. The van der Waals surface area contributed by atoms with E-state index < -0.39 is 0 Å². The maximum atomic E-state index is 6.98. The summed E-state index contributed by atoms with van der Waals surface area (Å²) < 4.78 is 6.98. The summed E-state index contributed by atoms with van der Waals surface area (Å²) in [6.45, 7) is 0. The lowest BCUT2D eigenvalue weighted by molar-refractivity contribution is 0.669. The highest BCUT2D eigenvalue weighted by Crippen LogP contribution is 2.49. The molecule has 3 heteroatoms. The third kappa shape index (κ3) is 6.78. The Morgan fingerprint density at radius 2 is 0.738 bits per heavy atom. The minimum Gasteiger partial charge on any atom is -0.456 e. The molecule has 1 heterocycles. The van der Waals surface area contributed by atoms with Gasteiger partial charge in [-0.25, -0.2) is 0 Å². The summed E-state index contributed by atoms with van der Waals surface area (Å²) >= 11 is 0. The quantitative estimate of drug-likeness (QED) is 0.145. The first-order valence-electron chi connectivity index (χ1n) is 20.7. The second-order valence-corrected chi connectivity index (χ2v) is 15.3. The molecule has 10 aromatic carbocycles. The van der Waals surface area contributed by atoms with Crippen molar-refractivity contribution in [1.29, 1.82) is 0 Å². The normalized spacial score (nSPS) is 11.3. The molecule has 0 aliphatic heterocycles. The van der Waals surface area contributed by atoms with Crippen LogP contribution in [0, 0.1) is 0 Å². The minimum absolute atomic E-state index is 0.811. The highest BCUT2D eigenvalue weighted by atomic mass is 16.3. The first kappa shape index (κ1) is 36.0. The second kappa shape index (κ2) is 15.6. The van der Waals surface area contributed by atoms with Crippen LogP contribution in [0.1, 0.15) is 0 Å². The summed E-state index contributed by atoms with van der Waals surface area (Å²) in [6, 6.07) is 86.5. The molecule has 0 saturated carbocycles. The molecule has 0 N–H and O–H groups in total.